The Morgan fingerprint density at radius 2 is 1.85 bits per heavy atom. The van der Waals surface area contributed by atoms with Crippen molar-refractivity contribution < 1.29 is 14.7 Å². The fourth-order valence-electron chi connectivity index (χ4n) is 3.39. The largest absolute Gasteiger partial charge is 0.396 e. The lowest BCUT2D eigenvalue weighted by molar-refractivity contribution is -0.128. The zero-order valence-electron chi connectivity index (χ0n) is 12.4. The summed E-state index contributed by atoms with van der Waals surface area (Å²) in [6, 6.07) is -0.216. The lowest BCUT2D eigenvalue weighted by atomic mass is 9.76. The molecule has 2 rings (SSSR count). The standard InChI is InChI=1S/C15H26N2O3/c1-12-6-8-15(9-7-12)13(19)16-14(20)17(15)10-4-2-3-5-11-18/h12,18H,2-11H2,1H3,(H,16,19,20). The topological polar surface area (TPSA) is 69.6 Å². The van der Waals surface area contributed by atoms with Crippen LogP contribution in [0, 0.1) is 5.92 Å². The molecule has 0 bridgehead atoms. The number of aliphatic hydroxyl groups excluding tert-OH is 1. The highest BCUT2D eigenvalue weighted by atomic mass is 16.3. The van der Waals surface area contributed by atoms with Gasteiger partial charge in [-0.25, -0.2) is 4.79 Å². The van der Waals surface area contributed by atoms with Crippen LogP contribution in [-0.2, 0) is 4.79 Å². The highest BCUT2D eigenvalue weighted by molar-refractivity contribution is 6.07. The predicted octanol–water partition coefficient (Wildman–Crippen LogP) is 2.04. The number of aliphatic hydroxyl groups is 1. The van der Waals surface area contributed by atoms with E-state index in [1.807, 2.05) is 0 Å². The van der Waals surface area contributed by atoms with Gasteiger partial charge in [-0.15, -0.1) is 0 Å². The monoisotopic (exact) mass is 282 g/mol. The highest BCUT2D eigenvalue weighted by Crippen LogP contribution is 2.39. The summed E-state index contributed by atoms with van der Waals surface area (Å²) >= 11 is 0. The molecule has 0 atom stereocenters. The molecule has 2 N–H and O–H groups in total. The van der Waals surface area contributed by atoms with Gasteiger partial charge in [0.2, 0.25) is 0 Å². The van der Waals surface area contributed by atoms with E-state index in [0.717, 1.165) is 51.4 Å². The highest BCUT2D eigenvalue weighted by Gasteiger charge is 2.53. The van der Waals surface area contributed by atoms with E-state index < -0.39 is 5.54 Å². The second-order valence-corrected chi connectivity index (χ2v) is 6.26. The first-order valence-electron chi connectivity index (χ1n) is 7.84. The summed E-state index contributed by atoms with van der Waals surface area (Å²) in [6.07, 6.45) is 7.30. The van der Waals surface area contributed by atoms with Gasteiger partial charge in [-0.2, -0.15) is 0 Å². The number of nitrogens with zero attached hydrogens (tertiary/aromatic N) is 1. The van der Waals surface area contributed by atoms with E-state index in [4.69, 9.17) is 5.11 Å². The average molecular weight is 282 g/mol. The molecule has 20 heavy (non-hydrogen) atoms. The number of hydrogen-bond donors (Lipinski definition) is 2. The molecule has 1 spiro atoms. The average Bonchev–Trinajstić information content (AvgIpc) is 2.65. The molecule has 0 aromatic carbocycles. The molecule has 0 radical (unpaired) electrons. The van der Waals surface area contributed by atoms with Crippen LogP contribution in [0.1, 0.15) is 58.3 Å². The number of hydrogen-bond acceptors (Lipinski definition) is 3. The third-order valence-electron chi connectivity index (χ3n) is 4.80. The maximum Gasteiger partial charge on any atom is 0.325 e. The Labute approximate surface area is 120 Å². The SMILES string of the molecule is CC1CCC2(CC1)C(=O)NC(=O)N2CCCCCCO. The van der Waals surface area contributed by atoms with Gasteiger partial charge >= 0.3 is 6.03 Å². The van der Waals surface area contributed by atoms with Crippen LogP contribution in [0.2, 0.25) is 0 Å². The van der Waals surface area contributed by atoms with Crippen LogP contribution in [0.4, 0.5) is 4.79 Å². The molecule has 1 aliphatic heterocycles. The molecule has 5 nitrogen and oxygen atoms in total. The molecule has 0 aromatic heterocycles. The molecule has 5 heteroatoms. The Hall–Kier alpha value is -1.10. The van der Waals surface area contributed by atoms with Gasteiger partial charge in [0.1, 0.15) is 5.54 Å². The maximum absolute atomic E-state index is 12.2. The summed E-state index contributed by atoms with van der Waals surface area (Å²) in [6.45, 7) is 3.09. The molecule has 114 valence electrons. The lowest BCUT2D eigenvalue weighted by Crippen LogP contribution is -2.52. The molecule has 2 fully saturated rings. The van der Waals surface area contributed by atoms with Crippen molar-refractivity contribution in [2.24, 2.45) is 5.92 Å². The van der Waals surface area contributed by atoms with Gasteiger partial charge in [0.25, 0.3) is 5.91 Å². The molecule has 1 saturated heterocycles. The van der Waals surface area contributed by atoms with Crippen molar-refractivity contribution in [2.45, 2.75) is 63.8 Å². The van der Waals surface area contributed by atoms with Crippen LogP contribution in [0.3, 0.4) is 0 Å². The Kier molecular flexibility index (Phi) is 5.02. The minimum Gasteiger partial charge on any atom is -0.396 e. The van der Waals surface area contributed by atoms with Crippen molar-refractivity contribution in [3.8, 4) is 0 Å². The van der Waals surface area contributed by atoms with Gasteiger partial charge in [0.15, 0.2) is 0 Å². The van der Waals surface area contributed by atoms with Crippen molar-refractivity contribution in [3.05, 3.63) is 0 Å². The normalized spacial score (nSPS) is 30.1. The Bertz CT molecular complexity index is 362. The fourth-order valence-corrected chi connectivity index (χ4v) is 3.39. The number of nitrogens with one attached hydrogen (secondary N) is 1. The second-order valence-electron chi connectivity index (χ2n) is 6.26. The molecule has 0 unspecified atom stereocenters. The van der Waals surface area contributed by atoms with Crippen molar-refractivity contribution in [2.75, 3.05) is 13.2 Å². The third kappa shape index (κ3) is 2.97. The Morgan fingerprint density at radius 3 is 2.50 bits per heavy atom. The van der Waals surface area contributed by atoms with Crippen LogP contribution < -0.4 is 5.32 Å². The van der Waals surface area contributed by atoms with Gasteiger partial charge in [-0.3, -0.25) is 10.1 Å². The molecule has 1 heterocycles. The van der Waals surface area contributed by atoms with Crippen LogP contribution in [0.25, 0.3) is 0 Å². The number of carbonyl (C=O) groups is 2. The molecule has 2 aliphatic rings. The molecular weight excluding hydrogens is 256 g/mol. The zero-order chi connectivity index (χ0) is 14.6. The van der Waals surface area contributed by atoms with Gasteiger partial charge in [-0.05, 0) is 44.4 Å². The number of urea groups is 1. The van der Waals surface area contributed by atoms with Crippen molar-refractivity contribution in [1.29, 1.82) is 0 Å². The summed E-state index contributed by atoms with van der Waals surface area (Å²) < 4.78 is 0. The van der Waals surface area contributed by atoms with Gasteiger partial charge in [-0.1, -0.05) is 19.8 Å². The Morgan fingerprint density at radius 1 is 1.20 bits per heavy atom. The van der Waals surface area contributed by atoms with Gasteiger partial charge < -0.3 is 10.0 Å². The minimum atomic E-state index is -0.569. The number of unbranched alkanes of at least 4 members (excludes halogenated alkanes) is 3. The van der Waals surface area contributed by atoms with E-state index in [-0.39, 0.29) is 18.5 Å². The smallest absolute Gasteiger partial charge is 0.325 e. The van der Waals surface area contributed by atoms with E-state index >= 15 is 0 Å². The summed E-state index contributed by atoms with van der Waals surface area (Å²) in [5, 5.41) is 11.3. The third-order valence-corrected chi connectivity index (χ3v) is 4.80. The molecule has 0 aromatic rings. The predicted molar refractivity (Wildman–Crippen MR) is 76.2 cm³/mol. The summed E-state index contributed by atoms with van der Waals surface area (Å²) in [5.74, 6) is 0.556. The summed E-state index contributed by atoms with van der Waals surface area (Å²) in [7, 11) is 0. The summed E-state index contributed by atoms with van der Waals surface area (Å²) in [4.78, 5) is 26.0. The van der Waals surface area contributed by atoms with Crippen LogP contribution >= 0.6 is 0 Å². The minimum absolute atomic E-state index is 0.0928. The molecule has 3 amide bonds. The van der Waals surface area contributed by atoms with Gasteiger partial charge in [0.05, 0.1) is 0 Å². The number of carbonyl (C=O) groups excluding carboxylic acids is 2. The van der Waals surface area contributed by atoms with Crippen molar-refractivity contribution in [3.63, 3.8) is 0 Å². The first-order chi connectivity index (χ1) is 9.60. The van der Waals surface area contributed by atoms with E-state index in [9.17, 15) is 9.59 Å². The maximum atomic E-state index is 12.2. The molecule has 1 saturated carbocycles. The second kappa shape index (κ2) is 6.57. The van der Waals surface area contributed by atoms with Crippen molar-refractivity contribution in [1.82, 2.24) is 10.2 Å². The van der Waals surface area contributed by atoms with Crippen LogP contribution in [-0.4, -0.2) is 40.6 Å². The fraction of sp³-hybridized carbons (Fsp3) is 0.867. The van der Waals surface area contributed by atoms with E-state index in [0.29, 0.717) is 12.5 Å². The van der Waals surface area contributed by atoms with E-state index in [1.165, 1.54) is 0 Å². The summed E-state index contributed by atoms with van der Waals surface area (Å²) in [5.41, 5.74) is -0.569. The van der Waals surface area contributed by atoms with Crippen LogP contribution in [0.5, 0.6) is 0 Å². The first-order valence-corrected chi connectivity index (χ1v) is 7.84. The zero-order valence-corrected chi connectivity index (χ0v) is 12.4. The lowest BCUT2D eigenvalue weighted by Gasteiger charge is -2.40. The van der Waals surface area contributed by atoms with E-state index in [2.05, 4.69) is 12.2 Å². The van der Waals surface area contributed by atoms with Crippen molar-refractivity contribution >= 4 is 11.9 Å². The first kappa shape index (κ1) is 15.3. The number of imide groups is 1. The quantitative estimate of drug-likeness (QED) is 0.578. The van der Waals surface area contributed by atoms with Gasteiger partial charge in [0, 0.05) is 13.2 Å². The number of rotatable bonds is 6. The van der Waals surface area contributed by atoms with E-state index in [1.54, 1.807) is 4.90 Å². The molecule has 1 aliphatic carbocycles. The number of amides is 3. The van der Waals surface area contributed by atoms with Crippen LogP contribution in [0.15, 0.2) is 0 Å². The molecular formula is C15H26N2O3. The Balaban J connectivity index is 1.94.